The SMILES string of the molecule is C=C1CCc2nc(C)ccc2N1. The zero-order valence-electron chi connectivity index (χ0n) is 7.22. The zero-order valence-corrected chi connectivity index (χ0v) is 7.22. The first kappa shape index (κ1) is 7.35. The molecule has 0 aliphatic carbocycles. The van der Waals surface area contributed by atoms with Gasteiger partial charge in [0.25, 0.3) is 0 Å². The van der Waals surface area contributed by atoms with Gasteiger partial charge in [-0.25, -0.2) is 0 Å². The molecule has 0 amide bonds. The van der Waals surface area contributed by atoms with Crippen molar-refractivity contribution in [1.29, 1.82) is 0 Å². The van der Waals surface area contributed by atoms with E-state index >= 15 is 0 Å². The number of aromatic nitrogens is 1. The number of hydrogen-bond acceptors (Lipinski definition) is 2. The van der Waals surface area contributed by atoms with E-state index in [4.69, 9.17) is 0 Å². The van der Waals surface area contributed by atoms with E-state index in [1.807, 2.05) is 13.0 Å². The molecule has 2 heterocycles. The molecule has 0 radical (unpaired) electrons. The van der Waals surface area contributed by atoms with Crippen LogP contribution in [0.5, 0.6) is 0 Å². The maximum Gasteiger partial charge on any atom is 0.0645 e. The number of rotatable bonds is 0. The molecule has 2 nitrogen and oxygen atoms in total. The van der Waals surface area contributed by atoms with Crippen LogP contribution in [0.2, 0.25) is 0 Å². The Morgan fingerprint density at radius 3 is 3.08 bits per heavy atom. The van der Waals surface area contributed by atoms with Crippen molar-refractivity contribution in [2.24, 2.45) is 0 Å². The molecule has 0 aromatic carbocycles. The third kappa shape index (κ3) is 1.20. The summed E-state index contributed by atoms with van der Waals surface area (Å²) >= 11 is 0. The lowest BCUT2D eigenvalue weighted by Gasteiger charge is -2.18. The Kier molecular flexibility index (Phi) is 1.61. The molecule has 1 N–H and O–H groups in total. The second kappa shape index (κ2) is 2.63. The van der Waals surface area contributed by atoms with Crippen molar-refractivity contribution >= 4 is 5.69 Å². The lowest BCUT2D eigenvalue weighted by molar-refractivity contribution is 0.867. The Morgan fingerprint density at radius 1 is 1.42 bits per heavy atom. The quantitative estimate of drug-likeness (QED) is 0.629. The van der Waals surface area contributed by atoms with Gasteiger partial charge in [-0.1, -0.05) is 6.58 Å². The van der Waals surface area contributed by atoms with E-state index in [2.05, 4.69) is 22.9 Å². The number of hydrogen-bond donors (Lipinski definition) is 1. The molecule has 12 heavy (non-hydrogen) atoms. The van der Waals surface area contributed by atoms with E-state index in [0.717, 1.165) is 29.9 Å². The van der Waals surface area contributed by atoms with Crippen LogP contribution < -0.4 is 5.32 Å². The molecule has 2 heteroatoms. The number of aryl methyl sites for hydroxylation is 2. The van der Waals surface area contributed by atoms with Crippen molar-refractivity contribution in [2.75, 3.05) is 5.32 Å². The van der Waals surface area contributed by atoms with Crippen molar-refractivity contribution in [3.63, 3.8) is 0 Å². The highest BCUT2D eigenvalue weighted by Crippen LogP contribution is 2.23. The average Bonchev–Trinajstić information content (AvgIpc) is 2.05. The molecule has 0 spiro atoms. The lowest BCUT2D eigenvalue weighted by atomic mass is 10.1. The van der Waals surface area contributed by atoms with Gasteiger partial charge in [0.05, 0.1) is 11.4 Å². The Morgan fingerprint density at radius 2 is 2.25 bits per heavy atom. The highest BCUT2D eigenvalue weighted by molar-refractivity contribution is 5.54. The summed E-state index contributed by atoms with van der Waals surface area (Å²) in [5, 5.41) is 3.23. The third-order valence-electron chi connectivity index (χ3n) is 2.09. The maximum absolute atomic E-state index is 4.44. The molecule has 0 bridgehead atoms. The summed E-state index contributed by atoms with van der Waals surface area (Å²) in [5.41, 5.74) is 4.47. The van der Waals surface area contributed by atoms with Crippen LogP contribution in [0.15, 0.2) is 24.4 Å². The molecular formula is C10H12N2. The number of anilines is 1. The molecule has 1 aliphatic heterocycles. The zero-order chi connectivity index (χ0) is 8.55. The predicted octanol–water partition coefficient (Wildman–Crippen LogP) is 2.26. The van der Waals surface area contributed by atoms with E-state index in [1.165, 1.54) is 5.69 Å². The van der Waals surface area contributed by atoms with E-state index in [0.29, 0.717) is 0 Å². The lowest BCUT2D eigenvalue weighted by Crippen LogP contribution is -2.10. The molecule has 0 saturated heterocycles. The van der Waals surface area contributed by atoms with Crippen molar-refractivity contribution < 1.29 is 0 Å². The van der Waals surface area contributed by atoms with Gasteiger partial charge < -0.3 is 5.32 Å². The first-order chi connectivity index (χ1) is 5.75. The second-order valence-corrected chi connectivity index (χ2v) is 3.18. The van der Waals surface area contributed by atoms with Gasteiger partial charge in [0.15, 0.2) is 0 Å². The minimum absolute atomic E-state index is 1.00. The normalized spacial score (nSPS) is 15.2. The van der Waals surface area contributed by atoms with Crippen LogP contribution in [-0.2, 0) is 6.42 Å². The van der Waals surface area contributed by atoms with Crippen LogP contribution in [0.1, 0.15) is 17.8 Å². The van der Waals surface area contributed by atoms with Gasteiger partial charge in [-0.3, -0.25) is 4.98 Å². The van der Waals surface area contributed by atoms with Crippen molar-refractivity contribution in [3.05, 3.63) is 35.8 Å². The van der Waals surface area contributed by atoms with Crippen LogP contribution >= 0.6 is 0 Å². The molecule has 0 atom stereocenters. The molecule has 0 saturated carbocycles. The molecule has 1 aliphatic rings. The summed E-state index contributed by atoms with van der Waals surface area (Å²) in [5.74, 6) is 0. The molecule has 0 fully saturated rings. The first-order valence-electron chi connectivity index (χ1n) is 4.17. The summed E-state index contributed by atoms with van der Waals surface area (Å²) in [7, 11) is 0. The summed E-state index contributed by atoms with van der Waals surface area (Å²) in [4.78, 5) is 4.44. The Bertz CT molecular complexity index is 329. The van der Waals surface area contributed by atoms with Crippen LogP contribution in [-0.4, -0.2) is 4.98 Å². The van der Waals surface area contributed by atoms with Crippen molar-refractivity contribution in [3.8, 4) is 0 Å². The molecule has 1 aromatic rings. The Balaban J connectivity index is 2.43. The van der Waals surface area contributed by atoms with E-state index in [-0.39, 0.29) is 0 Å². The van der Waals surface area contributed by atoms with Gasteiger partial charge in [-0.05, 0) is 31.9 Å². The minimum atomic E-state index is 1.00. The molecular weight excluding hydrogens is 148 g/mol. The largest absolute Gasteiger partial charge is 0.358 e. The fourth-order valence-corrected chi connectivity index (χ4v) is 1.44. The highest BCUT2D eigenvalue weighted by Gasteiger charge is 2.11. The summed E-state index contributed by atoms with van der Waals surface area (Å²) in [6, 6.07) is 4.09. The molecule has 62 valence electrons. The van der Waals surface area contributed by atoms with Gasteiger partial charge >= 0.3 is 0 Å². The number of pyridine rings is 1. The van der Waals surface area contributed by atoms with Crippen LogP contribution in [0.3, 0.4) is 0 Å². The number of allylic oxidation sites excluding steroid dienone is 1. The fourth-order valence-electron chi connectivity index (χ4n) is 1.44. The van der Waals surface area contributed by atoms with Gasteiger partial charge in [-0.2, -0.15) is 0 Å². The smallest absolute Gasteiger partial charge is 0.0645 e. The van der Waals surface area contributed by atoms with Crippen molar-refractivity contribution in [1.82, 2.24) is 4.98 Å². The molecule has 1 aromatic heterocycles. The number of nitrogens with one attached hydrogen (secondary N) is 1. The standard InChI is InChI=1S/C10H12N2/c1-7-3-5-10-9(11-7)6-4-8(2)12-10/h4,6,11H,1,3,5H2,2H3. The van der Waals surface area contributed by atoms with Crippen LogP contribution in [0, 0.1) is 6.92 Å². The van der Waals surface area contributed by atoms with Gasteiger partial charge in [0.2, 0.25) is 0 Å². The average molecular weight is 160 g/mol. The third-order valence-corrected chi connectivity index (χ3v) is 2.09. The minimum Gasteiger partial charge on any atom is -0.358 e. The topological polar surface area (TPSA) is 24.9 Å². The van der Waals surface area contributed by atoms with E-state index in [9.17, 15) is 0 Å². The van der Waals surface area contributed by atoms with Crippen LogP contribution in [0.4, 0.5) is 5.69 Å². The summed E-state index contributed by atoms with van der Waals surface area (Å²) in [6.45, 7) is 5.91. The van der Waals surface area contributed by atoms with Gasteiger partial charge in [0.1, 0.15) is 0 Å². The van der Waals surface area contributed by atoms with Crippen LogP contribution in [0.25, 0.3) is 0 Å². The molecule has 2 rings (SSSR count). The number of fused-ring (bicyclic) bond motifs is 1. The van der Waals surface area contributed by atoms with Gasteiger partial charge in [0, 0.05) is 11.4 Å². The van der Waals surface area contributed by atoms with Crippen molar-refractivity contribution in [2.45, 2.75) is 19.8 Å². The number of nitrogens with zero attached hydrogens (tertiary/aromatic N) is 1. The second-order valence-electron chi connectivity index (χ2n) is 3.18. The Hall–Kier alpha value is -1.31. The van der Waals surface area contributed by atoms with E-state index in [1.54, 1.807) is 0 Å². The first-order valence-corrected chi connectivity index (χ1v) is 4.17. The summed E-state index contributed by atoms with van der Waals surface area (Å²) in [6.07, 6.45) is 2.02. The summed E-state index contributed by atoms with van der Waals surface area (Å²) < 4.78 is 0. The van der Waals surface area contributed by atoms with E-state index < -0.39 is 0 Å². The Labute approximate surface area is 72.3 Å². The monoisotopic (exact) mass is 160 g/mol. The maximum atomic E-state index is 4.44. The van der Waals surface area contributed by atoms with Gasteiger partial charge in [-0.15, -0.1) is 0 Å². The highest BCUT2D eigenvalue weighted by atomic mass is 14.9. The molecule has 0 unspecified atom stereocenters. The fraction of sp³-hybridized carbons (Fsp3) is 0.300. The predicted molar refractivity (Wildman–Crippen MR) is 50.1 cm³/mol.